The van der Waals surface area contributed by atoms with Gasteiger partial charge >= 0.3 is 0 Å². The lowest BCUT2D eigenvalue weighted by molar-refractivity contribution is 0.154. The van der Waals surface area contributed by atoms with Gasteiger partial charge in [-0.2, -0.15) is 4.98 Å². The van der Waals surface area contributed by atoms with Crippen LogP contribution in [0.15, 0.2) is 4.52 Å². The van der Waals surface area contributed by atoms with Gasteiger partial charge < -0.3 is 9.84 Å². The number of hydrogen-bond acceptors (Lipinski definition) is 5. The predicted octanol–water partition coefficient (Wildman–Crippen LogP) is 1.98. The van der Waals surface area contributed by atoms with E-state index in [0.29, 0.717) is 0 Å². The van der Waals surface area contributed by atoms with Gasteiger partial charge in [0, 0.05) is 5.54 Å². The Morgan fingerprint density at radius 1 is 1.32 bits per heavy atom. The highest BCUT2D eigenvalue weighted by atomic mass is 16.5. The minimum absolute atomic E-state index is 0.221. The molecule has 19 heavy (non-hydrogen) atoms. The van der Waals surface area contributed by atoms with E-state index in [9.17, 15) is 0 Å². The molecule has 2 rings (SSSR count). The molecule has 0 aromatic carbocycles. The Kier molecular flexibility index (Phi) is 4.58. The van der Waals surface area contributed by atoms with Gasteiger partial charge in [0.15, 0.2) is 5.82 Å². The molecule has 1 aliphatic heterocycles. The second-order valence-electron chi connectivity index (χ2n) is 6.59. The largest absolute Gasteiger partial charge is 0.338 e. The average molecular weight is 266 g/mol. The summed E-state index contributed by atoms with van der Waals surface area (Å²) >= 11 is 0. The van der Waals surface area contributed by atoms with Crippen molar-refractivity contribution < 1.29 is 4.52 Å². The third kappa shape index (κ3) is 4.91. The predicted molar refractivity (Wildman–Crippen MR) is 74.8 cm³/mol. The summed E-state index contributed by atoms with van der Waals surface area (Å²) in [6, 6.07) is 0. The van der Waals surface area contributed by atoms with Crippen LogP contribution in [0.25, 0.3) is 0 Å². The second kappa shape index (κ2) is 6.01. The lowest BCUT2D eigenvalue weighted by atomic mass is 9.95. The highest BCUT2D eigenvalue weighted by Crippen LogP contribution is 2.18. The maximum absolute atomic E-state index is 5.17. The molecule has 1 N–H and O–H groups in total. The first-order valence-electron chi connectivity index (χ1n) is 7.19. The van der Waals surface area contributed by atoms with E-state index in [1.807, 2.05) is 6.92 Å². The van der Waals surface area contributed by atoms with Crippen molar-refractivity contribution in [3.63, 3.8) is 0 Å². The molecule has 1 aromatic heterocycles. The van der Waals surface area contributed by atoms with E-state index in [0.717, 1.165) is 43.8 Å². The fourth-order valence-electron chi connectivity index (χ4n) is 2.39. The molecule has 0 saturated carbocycles. The first kappa shape index (κ1) is 14.5. The maximum atomic E-state index is 5.17. The van der Waals surface area contributed by atoms with E-state index in [1.54, 1.807) is 0 Å². The van der Waals surface area contributed by atoms with E-state index >= 15 is 0 Å². The van der Waals surface area contributed by atoms with Crippen molar-refractivity contribution in [2.75, 3.05) is 19.6 Å². The monoisotopic (exact) mass is 266 g/mol. The summed E-state index contributed by atoms with van der Waals surface area (Å²) in [7, 11) is 0. The minimum atomic E-state index is 0.221. The van der Waals surface area contributed by atoms with E-state index in [-0.39, 0.29) is 5.54 Å². The third-order valence-electron chi connectivity index (χ3n) is 3.56. The molecule has 0 unspecified atom stereocenters. The van der Waals surface area contributed by atoms with E-state index < -0.39 is 0 Å². The first-order valence-corrected chi connectivity index (χ1v) is 7.19. The fourth-order valence-corrected chi connectivity index (χ4v) is 2.39. The molecule has 5 nitrogen and oxygen atoms in total. The molecular formula is C14H26N4O. The molecule has 0 atom stereocenters. The summed E-state index contributed by atoms with van der Waals surface area (Å²) in [5.41, 5.74) is 0.221. The second-order valence-corrected chi connectivity index (χ2v) is 6.59. The van der Waals surface area contributed by atoms with Gasteiger partial charge in [-0.15, -0.1) is 0 Å². The van der Waals surface area contributed by atoms with Gasteiger partial charge in [-0.05, 0) is 66.1 Å². The molecule has 5 heteroatoms. The van der Waals surface area contributed by atoms with Gasteiger partial charge in [-0.25, -0.2) is 0 Å². The van der Waals surface area contributed by atoms with Crippen molar-refractivity contribution in [3.05, 3.63) is 11.7 Å². The maximum Gasteiger partial charge on any atom is 0.240 e. The molecule has 1 fully saturated rings. The number of likely N-dealkylation sites (tertiary alicyclic amines) is 1. The number of nitrogens with one attached hydrogen (secondary N) is 1. The van der Waals surface area contributed by atoms with Crippen molar-refractivity contribution in [3.8, 4) is 0 Å². The van der Waals surface area contributed by atoms with Gasteiger partial charge in [0.25, 0.3) is 0 Å². The van der Waals surface area contributed by atoms with Crippen molar-refractivity contribution in [1.82, 2.24) is 20.4 Å². The summed E-state index contributed by atoms with van der Waals surface area (Å²) in [6.45, 7) is 12.7. The van der Waals surface area contributed by atoms with Crippen LogP contribution < -0.4 is 5.32 Å². The summed E-state index contributed by atoms with van der Waals surface area (Å²) in [4.78, 5) is 6.66. The van der Waals surface area contributed by atoms with Gasteiger partial charge in [-0.3, -0.25) is 4.90 Å². The van der Waals surface area contributed by atoms with Gasteiger partial charge in [0.2, 0.25) is 5.89 Å². The molecule has 0 radical (unpaired) electrons. The Balaban J connectivity index is 1.70. The number of hydrogen-bond donors (Lipinski definition) is 1. The van der Waals surface area contributed by atoms with Crippen molar-refractivity contribution in [2.24, 2.45) is 5.92 Å². The van der Waals surface area contributed by atoms with Crippen LogP contribution in [0, 0.1) is 12.8 Å². The molecule has 108 valence electrons. The molecule has 1 saturated heterocycles. The topological polar surface area (TPSA) is 54.2 Å². The fraction of sp³-hybridized carbons (Fsp3) is 0.857. The quantitative estimate of drug-likeness (QED) is 0.903. The van der Waals surface area contributed by atoms with Gasteiger partial charge in [0.1, 0.15) is 0 Å². The van der Waals surface area contributed by atoms with Crippen LogP contribution in [0.1, 0.15) is 45.3 Å². The van der Waals surface area contributed by atoms with E-state index in [2.05, 4.69) is 41.1 Å². The molecule has 1 aromatic rings. The Bertz CT molecular complexity index is 388. The molecule has 1 aliphatic rings. The normalized spacial score (nSPS) is 18.9. The summed E-state index contributed by atoms with van der Waals surface area (Å²) < 4.78 is 5.17. The Labute approximate surface area is 115 Å². The number of rotatable bonds is 4. The van der Waals surface area contributed by atoms with Crippen LogP contribution in [0.2, 0.25) is 0 Å². The number of nitrogens with zero attached hydrogens (tertiary/aromatic N) is 3. The van der Waals surface area contributed by atoms with Crippen molar-refractivity contribution in [1.29, 1.82) is 0 Å². The van der Waals surface area contributed by atoms with Crippen molar-refractivity contribution >= 4 is 0 Å². The van der Waals surface area contributed by atoms with Crippen LogP contribution in [0.5, 0.6) is 0 Å². The molecule has 0 spiro atoms. The Hall–Kier alpha value is -0.940. The standard InChI is InChI=1S/C14H26N4O/c1-11-16-13(19-17-11)10-18-7-5-12(6-8-18)9-15-14(2,3)4/h12,15H,5-10H2,1-4H3. The van der Waals surface area contributed by atoms with E-state index in [4.69, 9.17) is 4.52 Å². The number of aromatic nitrogens is 2. The van der Waals surface area contributed by atoms with Gasteiger partial charge in [-0.1, -0.05) is 5.16 Å². The van der Waals surface area contributed by atoms with Crippen LogP contribution in [-0.2, 0) is 6.54 Å². The third-order valence-corrected chi connectivity index (χ3v) is 3.56. The smallest absolute Gasteiger partial charge is 0.240 e. The SMILES string of the molecule is Cc1noc(CN2CCC(CNC(C)(C)C)CC2)n1. The Morgan fingerprint density at radius 2 is 2.00 bits per heavy atom. The number of piperidine rings is 1. The zero-order valence-electron chi connectivity index (χ0n) is 12.6. The first-order chi connectivity index (χ1) is 8.92. The lowest BCUT2D eigenvalue weighted by Gasteiger charge is -2.33. The summed E-state index contributed by atoms with van der Waals surface area (Å²) in [5.74, 6) is 2.25. The molecule has 0 aliphatic carbocycles. The van der Waals surface area contributed by atoms with Crippen LogP contribution in [0.4, 0.5) is 0 Å². The summed E-state index contributed by atoms with van der Waals surface area (Å²) in [6.07, 6.45) is 2.49. The van der Waals surface area contributed by atoms with E-state index in [1.165, 1.54) is 12.8 Å². The zero-order valence-corrected chi connectivity index (χ0v) is 12.6. The van der Waals surface area contributed by atoms with Crippen LogP contribution in [0.3, 0.4) is 0 Å². The highest BCUT2D eigenvalue weighted by molar-refractivity contribution is 4.85. The molecule has 0 bridgehead atoms. The highest BCUT2D eigenvalue weighted by Gasteiger charge is 2.22. The zero-order chi connectivity index (χ0) is 13.9. The number of aryl methyl sites for hydroxylation is 1. The molecular weight excluding hydrogens is 240 g/mol. The lowest BCUT2D eigenvalue weighted by Crippen LogP contribution is -2.42. The molecule has 0 amide bonds. The van der Waals surface area contributed by atoms with Crippen LogP contribution in [-0.4, -0.2) is 40.2 Å². The molecule has 2 heterocycles. The van der Waals surface area contributed by atoms with Crippen LogP contribution >= 0.6 is 0 Å². The minimum Gasteiger partial charge on any atom is -0.338 e. The Morgan fingerprint density at radius 3 is 2.53 bits per heavy atom. The summed E-state index contributed by atoms with van der Waals surface area (Å²) in [5, 5.41) is 7.43. The average Bonchev–Trinajstić information content (AvgIpc) is 2.73. The van der Waals surface area contributed by atoms with Gasteiger partial charge in [0.05, 0.1) is 6.54 Å². The van der Waals surface area contributed by atoms with Crippen molar-refractivity contribution in [2.45, 2.75) is 52.6 Å².